The van der Waals surface area contributed by atoms with Crippen LogP contribution in [0.15, 0.2) is 41.2 Å². The highest BCUT2D eigenvalue weighted by atomic mass is 16.5. The number of amides is 1. The maximum Gasteiger partial charge on any atom is 0.251 e. The van der Waals surface area contributed by atoms with Gasteiger partial charge in [0.15, 0.2) is 11.5 Å². The zero-order valence-corrected chi connectivity index (χ0v) is 19.0. The van der Waals surface area contributed by atoms with Crippen LogP contribution in [-0.2, 0) is 11.2 Å². The smallest absolute Gasteiger partial charge is 0.251 e. The molecule has 0 fully saturated rings. The fourth-order valence-corrected chi connectivity index (χ4v) is 3.55. The van der Waals surface area contributed by atoms with Crippen molar-refractivity contribution in [2.75, 3.05) is 27.9 Å². The second kappa shape index (κ2) is 10.0. The Morgan fingerprint density at radius 2 is 1.66 bits per heavy atom. The topological polar surface area (TPSA) is 89.7 Å². The summed E-state index contributed by atoms with van der Waals surface area (Å²) in [5.74, 6) is 1.24. The first-order chi connectivity index (χ1) is 15.4. The molecule has 3 aromatic rings. The Balaban J connectivity index is 1.67. The van der Waals surface area contributed by atoms with Gasteiger partial charge in [-0.2, -0.15) is 0 Å². The van der Waals surface area contributed by atoms with E-state index >= 15 is 0 Å². The first kappa shape index (κ1) is 22.9. The number of carbonyl (C=O) groups is 1. The lowest BCUT2D eigenvalue weighted by molar-refractivity contribution is -0.116. The van der Waals surface area contributed by atoms with Crippen molar-refractivity contribution in [3.05, 3.63) is 69.0 Å². The van der Waals surface area contributed by atoms with Gasteiger partial charge in [0.05, 0.1) is 26.8 Å². The van der Waals surface area contributed by atoms with Gasteiger partial charge >= 0.3 is 0 Å². The first-order valence-corrected chi connectivity index (χ1v) is 10.3. The fourth-order valence-electron chi connectivity index (χ4n) is 3.55. The third-order valence-electron chi connectivity index (χ3n) is 5.33. The third-order valence-corrected chi connectivity index (χ3v) is 5.33. The summed E-state index contributed by atoms with van der Waals surface area (Å²) >= 11 is 0. The minimum absolute atomic E-state index is 0.131. The molecule has 0 spiro atoms. The van der Waals surface area contributed by atoms with E-state index in [1.165, 1.54) is 27.4 Å². The van der Waals surface area contributed by atoms with E-state index < -0.39 is 0 Å². The largest absolute Gasteiger partial charge is 0.493 e. The highest BCUT2D eigenvalue weighted by Crippen LogP contribution is 2.38. The molecule has 32 heavy (non-hydrogen) atoms. The monoisotopic (exact) mass is 436 g/mol. The standard InChI is InChI=1S/C25H28N2O5/c1-15-6-7-16(2)23-19(15)14-18(25(29)27-23)10-11-26-22(28)9-8-17-12-20(30-3)24(32-5)21(13-17)31-4/h6-9,12-14H,10-11H2,1-5H3,(H,26,28)(H,27,29)/b9-8-. The SMILES string of the molecule is COc1cc(/C=C\C(=O)NCCc2cc3c(C)ccc(C)c3[nH]c2=O)cc(OC)c1OC. The number of pyridine rings is 1. The van der Waals surface area contributed by atoms with Crippen molar-refractivity contribution in [1.82, 2.24) is 10.3 Å². The average Bonchev–Trinajstić information content (AvgIpc) is 2.80. The number of fused-ring (bicyclic) bond motifs is 1. The van der Waals surface area contributed by atoms with E-state index in [1.807, 2.05) is 32.0 Å². The number of nitrogens with one attached hydrogen (secondary N) is 2. The average molecular weight is 437 g/mol. The Hall–Kier alpha value is -3.74. The Morgan fingerprint density at radius 3 is 2.28 bits per heavy atom. The molecule has 0 unspecified atom stereocenters. The number of rotatable bonds is 8. The summed E-state index contributed by atoms with van der Waals surface area (Å²) in [6.45, 7) is 4.33. The van der Waals surface area contributed by atoms with Crippen LogP contribution in [0.4, 0.5) is 0 Å². The summed E-state index contributed by atoms with van der Waals surface area (Å²) in [7, 11) is 4.61. The van der Waals surface area contributed by atoms with Crippen LogP contribution in [0.5, 0.6) is 17.2 Å². The van der Waals surface area contributed by atoms with E-state index in [-0.39, 0.29) is 11.5 Å². The molecule has 1 aromatic heterocycles. The van der Waals surface area contributed by atoms with Gasteiger partial charge in [-0.25, -0.2) is 0 Å². The molecule has 0 bridgehead atoms. The molecule has 0 radical (unpaired) electrons. The zero-order valence-electron chi connectivity index (χ0n) is 19.0. The second-order valence-electron chi connectivity index (χ2n) is 7.44. The number of H-pyrrole nitrogens is 1. The van der Waals surface area contributed by atoms with Crippen molar-refractivity contribution in [2.45, 2.75) is 20.3 Å². The number of hydrogen-bond acceptors (Lipinski definition) is 5. The second-order valence-corrected chi connectivity index (χ2v) is 7.44. The van der Waals surface area contributed by atoms with Crippen molar-refractivity contribution >= 4 is 22.9 Å². The molecule has 0 aliphatic rings. The lowest BCUT2D eigenvalue weighted by atomic mass is 10.0. The highest BCUT2D eigenvalue weighted by molar-refractivity contribution is 5.92. The minimum atomic E-state index is -0.261. The Kier molecular flexibility index (Phi) is 7.20. The molecule has 1 amide bonds. The van der Waals surface area contributed by atoms with Crippen LogP contribution in [0.3, 0.4) is 0 Å². The van der Waals surface area contributed by atoms with Crippen LogP contribution in [0.2, 0.25) is 0 Å². The molecule has 0 saturated carbocycles. The van der Waals surface area contributed by atoms with Crippen LogP contribution in [-0.4, -0.2) is 38.8 Å². The Morgan fingerprint density at radius 1 is 1.00 bits per heavy atom. The number of hydrogen-bond donors (Lipinski definition) is 2. The maximum atomic E-state index is 12.4. The van der Waals surface area contributed by atoms with Crippen LogP contribution < -0.4 is 25.1 Å². The van der Waals surface area contributed by atoms with E-state index in [2.05, 4.69) is 10.3 Å². The quantitative estimate of drug-likeness (QED) is 0.527. The van der Waals surface area contributed by atoms with Gasteiger partial charge in [0.2, 0.25) is 11.7 Å². The van der Waals surface area contributed by atoms with Gasteiger partial charge < -0.3 is 24.5 Å². The summed E-state index contributed by atoms with van der Waals surface area (Å²) in [4.78, 5) is 27.7. The molecule has 7 nitrogen and oxygen atoms in total. The lowest BCUT2D eigenvalue weighted by Crippen LogP contribution is -2.25. The summed E-state index contributed by atoms with van der Waals surface area (Å²) in [5.41, 5.74) is 4.22. The number of aromatic amines is 1. The van der Waals surface area contributed by atoms with E-state index in [9.17, 15) is 9.59 Å². The normalized spacial score (nSPS) is 11.0. The number of aryl methyl sites for hydroxylation is 2. The van der Waals surface area contributed by atoms with E-state index in [4.69, 9.17) is 14.2 Å². The van der Waals surface area contributed by atoms with Gasteiger partial charge in [-0.3, -0.25) is 9.59 Å². The lowest BCUT2D eigenvalue weighted by Gasteiger charge is -2.12. The summed E-state index contributed by atoms with van der Waals surface area (Å²) in [6.07, 6.45) is 3.52. The van der Waals surface area contributed by atoms with Crippen molar-refractivity contribution in [3.63, 3.8) is 0 Å². The molecule has 0 aliphatic heterocycles. The fraction of sp³-hybridized carbons (Fsp3) is 0.280. The van der Waals surface area contributed by atoms with Crippen LogP contribution >= 0.6 is 0 Å². The number of ether oxygens (including phenoxy) is 3. The van der Waals surface area contributed by atoms with Gasteiger partial charge in [0.1, 0.15) is 0 Å². The van der Waals surface area contributed by atoms with Crippen LogP contribution in [0, 0.1) is 13.8 Å². The molecule has 0 aliphatic carbocycles. The molecule has 168 valence electrons. The van der Waals surface area contributed by atoms with Gasteiger partial charge in [0.25, 0.3) is 5.56 Å². The van der Waals surface area contributed by atoms with Gasteiger partial charge in [-0.15, -0.1) is 0 Å². The highest BCUT2D eigenvalue weighted by Gasteiger charge is 2.12. The minimum Gasteiger partial charge on any atom is -0.493 e. The summed E-state index contributed by atoms with van der Waals surface area (Å²) < 4.78 is 16.0. The van der Waals surface area contributed by atoms with E-state index in [0.29, 0.717) is 35.8 Å². The van der Waals surface area contributed by atoms with E-state index in [0.717, 1.165) is 27.6 Å². The van der Waals surface area contributed by atoms with Crippen LogP contribution in [0.1, 0.15) is 22.3 Å². The van der Waals surface area contributed by atoms with Gasteiger partial charge in [0, 0.05) is 23.6 Å². The van der Waals surface area contributed by atoms with E-state index in [1.54, 1.807) is 18.2 Å². The molecule has 3 rings (SSSR count). The number of benzene rings is 2. The van der Waals surface area contributed by atoms with Crippen molar-refractivity contribution in [1.29, 1.82) is 0 Å². The maximum absolute atomic E-state index is 12.4. The van der Waals surface area contributed by atoms with Gasteiger partial charge in [-0.05, 0) is 61.2 Å². The van der Waals surface area contributed by atoms with Crippen molar-refractivity contribution in [3.8, 4) is 17.2 Å². The molecular formula is C25H28N2O5. The summed E-state index contributed by atoms with van der Waals surface area (Å²) in [5, 5.41) is 3.84. The van der Waals surface area contributed by atoms with Crippen molar-refractivity contribution in [2.24, 2.45) is 0 Å². The molecule has 0 atom stereocenters. The Bertz CT molecular complexity index is 1200. The van der Waals surface area contributed by atoms with Crippen LogP contribution in [0.25, 0.3) is 17.0 Å². The Labute approximate surface area is 187 Å². The molecule has 2 N–H and O–H groups in total. The van der Waals surface area contributed by atoms with Gasteiger partial charge in [-0.1, -0.05) is 12.1 Å². The zero-order chi connectivity index (χ0) is 23.3. The molecule has 7 heteroatoms. The predicted octanol–water partition coefficient (Wildman–Crippen LogP) is 3.54. The molecule has 1 heterocycles. The molecule has 2 aromatic carbocycles. The number of aromatic nitrogens is 1. The number of carbonyl (C=O) groups excluding carboxylic acids is 1. The predicted molar refractivity (Wildman–Crippen MR) is 126 cm³/mol. The summed E-state index contributed by atoms with van der Waals surface area (Å²) in [6, 6.07) is 9.45. The number of methoxy groups -OCH3 is 3. The van der Waals surface area contributed by atoms with Crippen molar-refractivity contribution < 1.29 is 19.0 Å². The molecular weight excluding hydrogens is 408 g/mol. The third kappa shape index (κ3) is 4.94. The first-order valence-electron chi connectivity index (χ1n) is 10.3. The molecule has 0 saturated heterocycles.